The average Bonchev–Trinajstić information content (AvgIpc) is 3.18. The second-order valence-electron chi connectivity index (χ2n) is 8.09. The molecular formula is C25H27NO8S2. The number of hydrogen-bond acceptors (Lipinski definition) is 8. The molecule has 3 aromatic rings. The lowest BCUT2D eigenvalue weighted by atomic mass is 10.0. The van der Waals surface area contributed by atoms with Crippen LogP contribution in [0.4, 0.5) is 0 Å². The molecule has 1 atom stereocenters. The summed E-state index contributed by atoms with van der Waals surface area (Å²) < 4.78 is 64.5. The second-order valence-corrected chi connectivity index (χ2v) is 12.3. The van der Waals surface area contributed by atoms with Gasteiger partial charge in [0.15, 0.2) is 9.84 Å². The second kappa shape index (κ2) is 10.0. The van der Waals surface area contributed by atoms with Gasteiger partial charge in [-0.1, -0.05) is 24.3 Å². The molecule has 36 heavy (non-hydrogen) atoms. The lowest BCUT2D eigenvalue weighted by Crippen LogP contribution is -2.26. The summed E-state index contributed by atoms with van der Waals surface area (Å²) in [6.45, 7) is 0.00515. The Bertz CT molecular complexity index is 1370. The minimum absolute atomic E-state index is 0.00515. The quantitative estimate of drug-likeness (QED) is 0.391. The topological polar surface area (TPSA) is 131 Å². The molecular weight excluding hydrogens is 506 g/mol. The highest BCUT2D eigenvalue weighted by Gasteiger charge is 2.45. The van der Waals surface area contributed by atoms with Crippen molar-refractivity contribution < 1.29 is 36.5 Å². The highest BCUT2D eigenvalue weighted by Crippen LogP contribution is 2.62. The Morgan fingerprint density at radius 3 is 2.19 bits per heavy atom. The lowest BCUT2D eigenvalue weighted by molar-refractivity contribution is 0.0949. The van der Waals surface area contributed by atoms with E-state index in [0.29, 0.717) is 22.8 Å². The van der Waals surface area contributed by atoms with Crippen molar-refractivity contribution >= 4 is 26.3 Å². The fourth-order valence-electron chi connectivity index (χ4n) is 4.28. The molecule has 1 amide bonds. The van der Waals surface area contributed by atoms with Crippen molar-refractivity contribution in [2.45, 2.75) is 21.6 Å². The van der Waals surface area contributed by atoms with Gasteiger partial charge in [-0.15, -0.1) is 0 Å². The maximum Gasteiger partial charge on any atom is 0.251 e. The summed E-state index contributed by atoms with van der Waals surface area (Å²) in [6, 6.07) is 15.5. The predicted molar refractivity (Wildman–Crippen MR) is 136 cm³/mol. The summed E-state index contributed by atoms with van der Waals surface area (Å²) in [5, 5.41) is 1.50. The van der Waals surface area contributed by atoms with Crippen LogP contribution in [0.1, 0.15) is 26.7 Å². The average molecular weight is 534 g/mol. The predicted octanol–water partition coefficient (Wildman–Crippen LogP) is 4.28. The standard InChI is InChI=1S/C25H27NO8S2/c1-32-16-12-20(33-2)19(21(13-16)34-3)14-26-25(27)18-10-7-11-22-24(18)23(15-35(22,28)29)36(30,31)17-8-5-4-6-9-17/h4-13,23,28-29H,14-15H2,1-3H3,(H,26,27). The van der Waals surface area contributed by atoms with Gasteiger partial charge in [-0.3, -0.25) is 13.9 Å². The maximum absolute atomic E-state index is 13.5. The lowest BCUT2D eigenvalue weighted by Gasteiger charge is -2.27. The highest BCUT2D eigenvalue weighted by atomic mass is 32.3. The van der Waals surface area contributed by atoms with E-state index >= 15 is 0 Å². The number of carbonyl (C=O) groups is 1. The summed E-state index contributed by atoms with van der Waals surface area (Å²) in [5.41, 5.74) is 0.716. The van der Waals surface area contributed by atoms with Gasteiger partial charge in [0.05, 0.1) is 49.0 Å². The first-order valence-corrected chi connectivity index (χ1v) is 14.1. The van der Waals surface area contributed by atoms with Gasteiger partial charge in [0.2, 0.25) is 0 Å². The molecule has 0 fully saturated rings. The van der Waals surface area contributed by atoms with Crippen LogP contribution in [0.2, 0.25) is 0 Å². The van der Waals surface area contributed by atoms with E-state index in [4.69, 9.17) is 14.2 Å². The SMILES string of the molecule is COc1cc(OC)c(CNC(=O)c2cccc3c2C(S(=O)(=O)c2ccccc2)CS3(O)O)c(OC)c1. The van der Waals surface area contributed by atoms with Crippen molar-refractivity contribution in [1.29, 1.82) is 0 Å². The molecule has 0 saturated heterocycles. The van der Waals surface area contributed by atoms with Crippen LogP contribution in [0.15, 0.2) is 70.5 Å². The number of sulfone groups is 1. The molecule has 4 rings (SSSR count). The maximum atomic E-state index is 13.5. The van der Waals surface area contributed by atoms with E-state index in [9.17, 15) is 22.3 Å². The zero-order valence-electron chi connectivity index (χ0n) is 19.9. The smallest absolute Gasteiger partial charge is 0.251 e. The molecule has 1 aliphatic rings. The van der Waals surface area contributed by atoms with Gasteiger partial charge < -0.3 is 19.5 Å². The first-order valence-electron chi connectivity index (χ1n) is 10.9. The zero-order valence-corrected chi connectivity index (χ0v) is 21.6. The summed E-state index contributed by atoms with van der Waals surface area (Å²) in [5.74, 6) is 0.396. The van der Waals surface area contributed by atoms with E-state index in [1.165, 1.54) is 51.7 Å². The molecule has 3 N–H and O–H groups in total. The Morgan fingerprint density at radius 1 is 0.972 bits per heavy atom. The van der Waals surface area contributed by atoms with Crippen molar-refractivity contribution in [3.05, 3.63) is 77.4 Å². The first-order chi connectivity index (χ1) is 17.1. The molecule has 11 heteroatoms. The van der Waals surface area contributed by atoms with Crippen LogP contribution in [0, 0.1) is 0 Å². The third kappa shape index (κ3) is 4.62. The van der Waals surface area contributed by atoms with Crippen molar-refractivity contribution in [1.82, 2.24) is 5.32 Å². The fraction of sp³-hybridized carbons (Fsp3) is 0.240. The van der Waals surface area contributed by atoms with E-state index in [-0.39, 0.29) is 27.5 Å². The molecule has 0 aromatic heterocycles. The van der Waals surface area contributed by atoms with Crippen LogP contribution in [-0.4, -0.2) is 50.5 Å². The normalized spacial score (nSPS) is 17.1. The molecule has 0 radical (unpaired) electrons. The van der Waals surface area contributed by atoms with E-state index in [0.717, 1.165) is 0 Å². The minimum Gasteiger partial charge on any atom is -0.496 e. The third-order valence-corrected chi connectivity index (χ3v) is 10.2. The summed E-state index contributed by atoms with van der Waals surface area (Å²) >= 11 is 0. The van der Waals surface area contributed by atoms with E-state index in [1.54, 1.807) is 30.3 Å². The number of hydrogen-bond donors (Lipinski definition) is 3. The largest absolute Gasteiger partial charge is 0.496 e. The number of fused-ring (bicyclic) bond motifs is 1. The third-order valence-electron chi connectivity index (χ3n) is 6.06. The minimum atomic E-state index is -4.01. The number of carbonyl (C=O) groups excluding carboxylic acids is 1. The van der Waals surface area contributed by atoms with Gasteiger partial charge in [0, 0.05) is 23.3 Å². The number of rotatable bonds is 8. The highest BCUT2D eigenvalue weighted by molar-refractivity contribution is 8.25. The van der Waals surface area contributed by atoms with Gasteiger partial charge in [-0.2, -0.15) is 10.6 Å². The molecule has 0 bridgehead atoms. The Hall–Kier alpha value is -3.25. The Kier molecular flexibility index (Phi) is 7.19. The van der Waals surface area contributed by atoms with Gasteiger partial charge in [0.25, 0.3) is 5.91 Å². The van der Waals surface area contributed by atoms with Crippen molar-refractivity contribution in [2.75, 3.05) is 27.1 Å². The van der Waals surface area contributed by atoms with Crippen LogP contribution in [-0.2, 0) is 16.4 Å². The molecule has 192 valence electrons. The monoisotopic (exact) mass is 533 g/mol. The zero-order chi connectivity index (χ0) is 26.1. The number of methoxy groups -OCH3 is 3. The van der Waals surface area contributed by atoms with Crippen LogP contribution in [0.25, 0.3) is 0 Å². The van der Waals surface area contributed by atoms with Crippen molar-refractivity contribution in [2.24, 2.45) is 0 Å². The summed E-state index contributed by atoms with van der Waals surface area (Å²) in [4.78, 5) is 13.5. The van der Waals surface area contributed by atoms with Gasteiger partial charge in [-0.25, -0.2) is 8.42 Å². The summed E-state index contributed by atoms with van der Waals surface area (Å²) in [6.07, 6.45) is 0. The van der Waals surface area contributed by atoms with Crippen LogP contribution >= 0.6 is 10.6 Å². The van der Waals surface area contributed by atoms with Gasteiger partial charge in [0.1, 0.15) is 22.5 Å². The van der Waals surface area contributed by atoms with E-state index in [2.05, 4.69) is 5.32 Å². The molecule has 1 unspecified atom stereocenters. The molecule has 0 saturated carbocycles. The number of benzene rings is 3. The molecule has 3 aromatic carbocycles. The van der Waals surface area contributed by atoms with Crippen molar-refractivity contribution in [3.8, 4) is 17.2 Å². The van der Waals surface area contributed by atoms with E-state index < -0.39 is 37.3 Å². The Balaban J connectivity index is 1.72. The van der Waals surface area contributed by atoms with Gasteiger partial charge in [-0.05, 0) is 24.3 Å². The number of amides is 1. The van der Waals surface area contributed by atoms with Crippen LogP contribution in [0.3, 0.4) is 0 Å². The Morgan fingerprint density at radius 2 is 1.61 bits per heavy atom. The Labute approximate surface area is 211 Å². The van der Waals surface area contributed by atoms with Gasteiger partial charge >= 0.3 is 0 Å². The van der Waals surface area contributed by atoms with Crippen LogP contribution < -0.4 is 19.5 Å². The number of ether oxygens (including phenoxy) is 3. The molecule has 1 heterocycles. The molecule has 0 aliphatic carbocycles. The first kappa shape index (κ1) is 25.8. The molecule has 1 aliphatic heterocycles. The number of nitrogens with one attached hydrogen (secondary N) is 1. The van der Waals surface area contributed by atoms with Crippen LogP contribution in [0.5, 0.6) is 17.2 Å². The molecule has 9 nitrogen and oxygen atoms in total. The van der Waals surface area contributed by atoms with E-state index in [1.807, 2.05) is 0 Å². The molecule has 0 spiro atoms. The fourth-order valence-corrected chi connectivity index (χ4v) is 8.74. The van der Waals surface area contributed by atoms with Crippen molar-refractivity contribution in [3.63, 3.8) is 0 Å². The summed E-state index contributed by atoms with van der Waals surface area (Å²) in [7, 11) is -2.95.